The molecule has 0 aliphatic heterocycles. The van der Waals surface area contributed by atoms with Crippen LogP contribution in [0.25, 0.3) is 27.7 Å². The molecule has 0 fully saturated rings. The minimum atomic E-state index is -0.330. The third-order valence-corrected chi connectivity index (χ3v) is 5.52. The summed E-state index contributed by atoms with van der Waals surface area (Å²) >= 11 is 0. The molecule has 4 nitrogen and oxygen atoms in total. The van der Waals surface area contributed by atoms with Crippen LogP contribution in [0.3, 0.4) is 0 Å². The smallest absolute Gasteiger partial charge is 0.269 e. The molecule has 0 unspecified atom stereocenters. The second-order valence-corrected chi connectivity index (χ2v) is 7.32. The number of rotatable bonds is 3. The number of benzene rings is 2. The van der Waals surface area contributed by atoms with Crippen molar-refractivity contribution in [2.45, 2.75) is 19.9 Å². The van der Waals surface area contributed by atoms with E-state index >= 15 is 0 Å². The van der Waals surface area contributed by atoms with E-state index in [0.717, 1.165) is 17.5 Å². The highest BCUT2D eigenvalue weighted by atomic mass is 19.1. The number of hydrogen-bond acceptors (Lipinski definition) is 3. The number of halogens is 1. The Bertz CT molecular complexity index is 1350. The summed E-state index contributed by atoms with van der Waals surface area (Å²) in [5.74, 6) is -0.330. The van der Waals surface area contributed by atoms with E-state index in [1.165, 1.54) is 27.5 Å². The lowest BCUT2D eigenvalue weighted by Crippen LogP contribution is -2.21. The lowest BCUT2D eigenvalue weighted by Gasteiger charge is -2.12. The molecule has 142 valence electrons. The molecule has 2 aromatic heterocycles. The third-order valence-electron chi connectivity index (χ3n) is 5.52. The Kier molecular flexibility index (Phi) is 4.09. The van der Waals surface area contributed by atoms with E-state index in [4.69, 9.17) is 0 Å². The van der Waals surface area contributed by atoms with E-state index in [9.17, 15) is 9.18 Å². The SMILES string of the molecule is CC1=CCc2cc(-c3ccc(Cn4c(=O)cnc5cnccc54)c(F)c3)ccc21. The van der Waals surface area contributed by atoms with Crippen molar-refractivity contribution in [2.75, 3.05) is 0 Å². The van der Waals surface area contributed by atoms with Gasteiger partial charge in [0.2, 0.25) is 0 Å². The maximum atomic E-state index is 14.9. The summed E-state index contributed by atoms with van der Waals surface area (Å²) in [6.07, 6.45) is 7.57. The van der Waals surface area contributed by atoms with Crippen LogP contribution in [0.5, 0.6) is 0 Å². The van der Waals surface area contributed by atoms with Crippen LogP contribution in [0.1, 0.15) is 23.6 Å². The lowest BCUT2D eigenvalue weighted by molar-refractivity contribution is 0.599. The van der Waals surface area contributed by atoms with Gasteiger partial charge >= 0.3 is 0 Å². The van der Waals surface area contributed by atoms with Crippen LogP contribution < -0.4 is 5.56 Å². The zero-order chi connectivity index (χ0) is 20.0. The number of nitrogens with zero attached hydrogens (tertiary/aromatic N) is 3. The minimum absolute atomic E-state index is 0.140. The summed E-state index contributed by atoms with van der Waals surface area (Å²) in [5.41, 5.74) is 7.08. The monoisotopic (exact) mass is 383 g/mol. The van der Waals surface area contributed by atoms with Crippen LogP contribution in [0.4, 0.5) is 4.39 Å². The van der Waals surface area contributed by atoms with Crippen molar-refractivity contribution in [3.63, 3.8) is 0 Å². The molecule has 0 radical (unpaired) electrons. The summed E-state index contributed by atoms with van der Waals surface area (Å²) in [6.45, 7) is 2.25. The van der Waals surface area contributed by atoms with Gasteiger partial charge in [-0.15, -0.1) is 0 Å². The van der Waals surface area contributed by atoms with Gasteiger partial charge in [0.25, 0.3) is 5.56 Å². The third kappa shape index (κ3) is 3.05. The van der Waals surface area contributed by atoms with E-state index < -0.39 is 0 Å². The van der Waals surface area contributed by atoms with Gasteiger partial charge in [0, 0.05) is 11.8 Å². The van der Waals surface area contributed by atoms with Gasteiger partial charge in [-0.05, 0) is 53.3 Å². The van der Waals surface area contributed by atoms with Crippen LogP contribution in [0.2, 0.25) is 0 Å². The molecule has 2 heterocycles. The molecule has 1 aliphatic carbocycles. The molecule has 0 saturated heterocycles. The van der Waals surface area contributed by atoms with Crippen molar-refractivity contribution in [3.8, 4) is 11.1 Å². The van der Waals surface area contributed by atoms with Gasteiger partial charge in [0.1, 0.15) is 11.3 Å². The predicted octanol–water partition coefficient (Wildman–Crippen LogP) is 4.61. The number of pyridine rings is 1. The summed E-state index contributed by atoms with van der Waals surface area (Å²) in [5, 5.41) is 0. The van der Waals surface area contributed by atoms with E-state index in [0.29, 0.717) is 16.6 Å². The average Bonchev–Trinajstić information content (AvgIpc) is 3.11. The molecule has 0 atom stereocenters. The fraction of sp³-hybridized carbons (Fsp3) is 0.125. The summed E-state index contributed by atoms with van der Waals surface area (Å²) < 4.78 is 16.5. The Hall–Kier alpha value is -3.60. The van der Waals surface area contributed by atoms with Gasteiger partial charge in [-0.25, -0.2) is 9.37 Å². The number of fused-ring (bicyclic) bond motifs is 2. The van der Waals surface area contributed by atoms with Gasteiger partial charge in [-0.2, -0.15) is 0 Å². The fourth-order valence-electron chi connectivity index (χ4n) is 3.91. The van der Waals surface area contributed by atoms with Crippen molar-refractivity contribution in [1.29, 1.82) is 0 Å². The predicted molar refractivity (Wildman–Crippen MR) is 112 cm³/mol. The van der Waals surface area contributed by atoms with Crippen molar-refractivity contribution in [2.24, 2.45) is 0 Å². The van der Waals surface area contributed by atoms with Gasteiger partial charge < -0.3 is 4.57 Å². The van der Waals surface area contributed by atoms with Crippen molar-refractivity contribution >= 4 is 16.6 Å². The first-order valence-electron chi connectivity index (χ1n) is 9.48. The number of hydrogen-bond donors (Lipinski definition) is 0. The largest absolute Gasteiger partial charge is 0.301 e. The van der Waals surface area contributed by atoms with Crippen molar-refractivity contribution < 1.29 is 4.39 Å². The molecule has 5 rings (SSSR count). The van der Waals surface area contributed by atoms with Crippen molar-refractivity contribution in [1.82, 2.24) is 14.5 Å². The Morgan fingerprint density at radius 1 is 1.07 bits per heavy atom. The van der Waals surface area contributed by atoms with Crippen LogP contribution in [-0.4, -0.2) is 14.5 Å². The highest BCUT2D eigenvalue weighted by molar-refractivity contribution is 5.76. The standard InChI is InChI=1S/C24H18FN3O/c1-15-2-3-18-10-16(6-7-20(15)18)17-4-5-19(21(25)11-17)14-28-23-8-9-26-12-22(23)27-13-24(28)29/h2,4-13H,3,14H2,1H3. The first kappa shape index (κ1) is 17.5. The zero-order valence-corrected chi connectivity index (χ0v) is 15.9. The maximum absolute atomic E-state index is 14.9. The molecule has 4 aromatic rings. The molecule has 1 aliphatic rings. The first-order chi connectivity index (χ1) is 14.1. The normalized spacial score (nSPS) is 12.8. The molecule has 0 N–H and O–H groups in total. The van der Waals surface area contributed by atoms with E-state index in [2.05, 4.69) is 35.1 Å². The van der Waals surface area contributed by atoms with Crippen LogP contribution in [-0.2, 0) is 13.0 Å². The van der Waals surface area contributed by atoms with E-state index in [1.807, 2.05) is 12.1 Å². The van der Waals surface area contributed by atoms with Crippen LogP contribution in [0.15, 0.2) is 71.9 Å². The maximum Gasteiger partial charge on any atom is 0.269 e. The van der Waals surface area contributed by atoms with Gasteiger partial charge in [0.05, 0.1) is 24.5 Å². The molecule has 29 heavy (non-hydrogen) atoms. The molecule has 0 amide bonds. The average molecular weight is 383 g/mol. The Morgan fingerprint density at radius 3 is 2.76 bits per heavy atom. The Balaban J connectivity index is 1.50. The van der Waals surface area contributed by atoms with Gasteiger partial charge in [-0.1, -0.05) is 36.4 Å². The molecule has 5 heteroatoms. The summed E-state index contributed by atoms with van der Waals surface area (Å²) in [4.78, 5) is 20.5. The molecular weight excluding hydrogens is 365 g/mol. The molecule has 0 spiro atoms. The van der Waals surface area contributed by atoms with Gasteiger partial charge in [0.15, 0.2) is 0 Å². The Morgan fingerprint density at radius 2 is 1.90 bits per heavy atom. The second-order valence-electron chi connectivity index (χ2n) is 7.32. The molecule has 2 aromatic carbocycles. The molecule has 0 saturated carbocycles. The van der Waals surface area contributed by atoms with E-state index in [1.54, 1.807) is 30.6 Å². The Labute approximate surface area is 167 Å². The lowest BCUT2D eigenvalue weighted by atomic mass is 9.98. The topological polar surface area (TPSA) is 47.8 Å². The first-order valence-corrected chi connectivity index (χ1v) is 9.48. The quantitative estimate of drug-likeness (QED) is 0.519. The van der Waals surface area contributed by atoms with Gasteiger partial charge in [-0.3, -0.25) is 9.78 Å². The fourth-order valence-corrected chi connectivity index (χ4v) is 3.91. The molecular formula is C24H18FN3O. The van der Waals surface area contributed by atoms with Crippen LogP contribution in [0, 0.1) is 5.82 Å². The highest BCUT2D eigenvalue weighted by Crippen LogP contribution is 2.31. The van der Waals surface area contributed by atoms with E-state index in [-0.39, 0.29) is 17.9 Å². The molecule has 0 bridgehead atoms. The minimum Gasteiger partial charge on any atom is -0.301 e. The zero-order valence-electron chi connectivity index (χ0n) is 15.9. The highest BCUT2D eigenvalue weighted by Gasteiger charge is 2.13. The van der Waals surface area contributed by atoms with Crippen LogP contribution >= 0.6 is 0 Å². The second kappa shape index (κ2) is 6.78. The number of allylic oxidation sites excluding steroid dienone is 2. The summed E-state index contributed by atoms with van der Waals surface area (Å²) in [7, 11) is 0. The summed E-state index contributed by atoms with van der Waals surface area (Å²) in [6, 6.07) is 13.2. The van der Waals surface area contributed by atoms with Crippen molar-refractivity contribution in [3.05, 3.63) is 100.0 Å². The number of aromatic nitrogens is 3.